The van der Waals surface area contributed by atoms with Gasteiger partial charge in [-0.2, -0.15) is 0 Å². The molecule has 1 atom stereocenters. The Balaban J connectivity index is 1.74. The number of hydrogen-bond donors (Lipinski definition) is 3. The Bertz CT molecular complexity index is 696. The first-order valence-electron chi connectivity index (χ1n) is 7.64. The molecular weight excluding hydrogens is 310 g/mol. The summed E-state index contributed by atoms with van der Waals surface area (Å²) in [5.74, 6) is 0.0732. The number of nitrogens with two attached hydrogens (primary N) is 1. The lowest BCUT2D eigenvalue weighted by molar-refractivity contribution is 0.0934. The highest BCUT2D eigenvalue weighted by molar-refractivity contribution is 7.12. The third-order valence-electron chi connectivity index (χ3n) is 3.93. The lowest BCUT2D eigenvalue weighted by Gasteiger charge is -2.17. The molecule has 0 saturated heterocycles. The molecule has 6 heteroatoms. The lowest BCUT2D eigenvalue weighted by atomic mass is 10.1. The largest absolute Gasteiger partial charge is 0.348 e. The van der Waals surface area contributed by atoms with Gasteiger partial charge in [0, 0.05) is 12.6 Å². The van der Waals surface area contributed by atoms with Gasteiger partial charge in [0.15, 0.2) is 0 Å². The second kappa shape index (κ2) is 6.93. The molecule has 1 aromatic carbocycles. The van der Waals surface area contributed by atoms with Gasteiger partial charge in [-0.1, -0.05) is 18.2 Å². The van der Waals surface area contributed by atoms with Crippen LogP contribution in [0.2, 0.25) is 0 Å². The Morgan fingerprint density at radius 2 is 1.96 bits per heavy atom. The molecule has 0 spiro atoms. The van der Waals surface area contributed by atoms with Crippen LogP contribution in [0.5, 0.6) is 0 Å². The average molecular weight is 329 g/mol. The van der Waals surface area contributed by atoms with Gasteiger partial charge in [-0.25, -0.2) is 0 Å². The molecule has 0 bridgehead atoms. The van der Waals surface area contributed by atoms with Gasteiger partial charge in [-0.05, 0) is 42.3 Å². The Kier molecular flexibility index (Phi) is 4.73. The number of benzene rings is 1. The fraction of sp³-hybridized carbons (Fsp3) is 0.294. The maximum Gasteiger partial charge on any atom is 0.265 e. The second-order valence-corrected chi connectivity index (χ2v) is 6.58. The van der Waals surface area contributed by atoms with Crippen molar-refractivity contribution in [1.29, 1.82) is 0 Å². The van der Waals surface area contributed by atoms with Crippen molar-refractivity contribution < 1.29 is 9.59 Å². The molecule has 1 unspecified atom stereocenters. The summed E-state index contributed by atoms with van der Waals surface area (Å²) in [6.07, 6.45) is 2.22. The molecule has 1 saturated carbocycles. The van der Waals surface area contributed by atoms with Crippen LogP contribution in [0.1, 0.15) is 32.9 Å². The molecule has 0 aliphatic heterocycles. The zero-order chi connectivity index (χ0) is 16.2. The minimum atomic E-state index is -0.210. The van der Waals surface area contributed by atoms with E-state index in [-0.39, 0.29) is 17.9 Å². The topological polar surface area (TPSA) is 84.2 Å². The Morgan fingerprint density at radius 1 is 1.17 bits per heavy atom. The van der Waals surface area contributed by atoms with E-state index >= 15 is 0 Å². The van der Waals surface area contributed by atoms with Crippen LogP contribution in [-0.2, 0) is 0 Å². The molecule has 1 aromatic heterocycles. The lowest BCUT2D eigenvalue weighted by Crippen LogP contribution is -2.42. The van der Waals surface area contributed by atoms with Crippen LogP contribution in [0.15, 0.2) is 41.8 Å². The van der Waals surface area contributed by atoms with Crippen LogP contribution in [0, 0.1) is 5.92 Å². The van der Waals surface area contributed by atoms with Crippen molar-refractivity contribution in [3.8, 4) is 0 Å². The molecule has 1 aliphatic rings. The number of nitrogens with one attached hydrogen (secondary N) is 2. The van der Waals surface area contributed by atoms with E-state index in [1.54, 1.807) is 30.3 Å². The highest BCUT2D eigenvalue weighted by Gasteiger charge is 2.31. The SMILES string of the molecule is NCC(NC(=O)c1ccccc1NC(=O)c1cccs1)C1CC1. The quantitative estimate of drug-likeness (QED) is 0.761. The van der Waals surface area contributed by atoms with E-state index in [2.05, 4.69) is 10.6 Å². The minimum absolute atomic E-state index is 0.00329. The van der Waals surface area contributed by atoms with Crippen molar-refractivity contribution in [2.24, 2.45) is 11.7 Å². The molecule has 1 fully saturated rings. The minimum Gasteiger partial charge on any atom is -0.348 e. The number of carbonyl (C=O) groups is 2. The maximum atomic E-state index is 12.5. The van der Waals surface area contributed by atoms with E-state index < -0.39 is 0 Å². The molecule has 1 aliphatic carbocycles. The highest BCUT2D eigenvalue weighted by Crippen LogP contribution is 2.32. The first kappa shape index (κ1) is 15.7. The zero-order valence-corrected chi connectivity index (χ0v) is 13.4. The third-order valence-corrected chi connectivity index (χ3v) is 4.79. The van der Waals surface area contributed by atoms with Crippen LogP contribution < -0.4 is 16.4 Å². The number of hydrogen-bond acceptors (Lipinski definition) is 4. The maximum absolute atomic E-state index is 12.5. The van der Waals surface area contributed by atoms with Gasteiger partial charge in [0.25, 0.3) is 11.8 Å². The molecule has 3 rings (SSSR count). The van der Waals surface area contributed by atoms with Gasteiger partial charge in [0.1, 0.15) is 0 Å². The van der Waals surface area contributed by atoms with Crippen molar-refractivity contribution in [1.82, 2.24) is 5.32 Å². The second-order valence-electron chi connectivity index (χ2n) is 5.63. The van der Waals surface area contributed by atoms with E-state index in [9.17, 15) is 9.59 Å². The third kappa shape index (κ3) is 3.78. The molecule has 0 radical (unpaired) electrons. The van der Waals surface area contributed by atoms with Crippen LogP contribution in [0.4, 0.5) is 5.69 Å². The summed E-state index contributed by atoms with van der Waals surface area (Å²) in [7, 11) is 0. The Labute approximate surface area is 138 Å². The van der Waals surface area contributed by atoms with Gasteiger partial charge >= 0.3 is 0 Å². The van der Waals surface area contributed by atoms with Crippen LogP contribution in [-0.4, -0.2) is 24.4 Å². The first-order chi connectivity index (χ1) is 11.2. The number of thiophene rings is 1. The fourth-order valence-electron chi connectivity index (χ4n) is 2.50. The van der Waals surface area contributed by atoms with E-state index in [1.807, 2.05) is 11.4 Å². The predicted octanol–water partition coefficient (Wildman–Crippen LogP) is 2.47. The normalized spacial score (nSPS) is 15.0. The smallest absolute Gasteiger partial charge is 0.265 e. The summed E-state index contributed by atoms with van der Waals surface area (Å²) in [5, 5.41) is 7.63. The van der Waals surface area contributed by atoms with E-state index in [0.717, 1.165) is 12.8 Å². The molecule has 120 valence electrons. The summed E-state index contributed by atoms with van der Waals surface area (Å²) in [6.45, 7) is 0.431. The molecule has 2 amide bonds. The number of anilines is 1. The predicted molar refractivity (Wildman–Crippen MR) is 91.7 cm³/mol. The highest BCUT2D eigenvalue weighted by atomic mass is 32.1. The van der Waals surface area contributed by atoms with Crippen molar-refractivity contribution in [3.05, 3.63) is 52.2 Å². The average Bonchev–Trinajstić information content (AvgIpc) is 3.25. The fourth-order valence-corrected chi connectivity index (χ4v) is 3.11. The van der Waals surface area contributed by atoms with E-state index in [4.69, 9.17) is 5.73 Å². The summed E-state index contributed by atoms with van der Waals surface area (Å²) in [5.41, 5.74) is 6.70. The van der Waals surface area contributed by atoms with Crippen LogP contribution >= 0.6 is 11.3 Å². The standard InChI is InChI=1S/C17H19N3O2S/c18-10-14(11-7-8-11)20-16(21)12-4-1-2-5-13(12)19-17(22)15-6-3-9-23-15/h1-6,9,11,14H,7-8,10,18H2,(H,19,22)(H,20,21). The monoisotopic (exact) mass is 329 g/mol. The van der Waals surface area contributed by atoms with E-state index in [0.29, 0.717) is 28.6 Å². The van der Waals surface area contributed by atoms with Gasteiger partial charge in [-0.15, -0.1) is 11.3 Å². The molecule has 5 nitrogen and oxygen atoms in total. The number of para-hydroxylation sites is 1. The van der Waals surface area contributed by atoms with Crippen molar-refractivity contribution in [2.45, 2.75) is 18.9 Å². The summed E-state index contributed by atoms with van der Waals surface area (Å²) in [6, 6.07) is 10.6. The molecule has 23 heavy (non-hydrogen) atoms. The van der Waals surface area contributed by atoms with Crippen LogP contribution in [0.3, 0.4) is 0 Å². The summed E-state index contributed by atoms with van der Waals surface area (Å²) < 4.78 is 0. The number of amides is 2. The Hall–Kier alpha value is -2.18. The molecular formula is C17H19N3O2S. The zero-order valence-electron chi connectivity index (χ0n) is 12.6. The number of carbonyl (C=O) groups excluding carboxylic acids is 2. The van der Waals surface area contributed by atoms with Crippen molar-refractivity contribution >= 4 is 28.8 Å². The van der Waals surface area contributed by atoms with Gasteiger partial charge in [0.05, 0.1) is 16.1 Å². The van der Waals surface area contributed by atoms with Gasteiger partial charge < -0.3 is 16.4 Å². The first-order valence-corrected chi connectivity index (χ1v) is 8.52. The van der Waals surface area contributed by atoms with Gasteiger partial charge in [-0.3, -0.25) is 9.59 Å². The molecule has 4 N–H and O–H groups in total. The van der Waals surface area contributed by atoms with Crippen molar-refractivity contribution in [3.63, 3.8) is 0 Å². The van der Waals surface area contributed by atoms with Crippen LogP contribution in [0.25, 0.3) is 0 Å². The van der Waals surface area contributed by atoms with Crippen molar-refractivity contribution in [2.75, 3.05) is 11.9 Å². The molecule has 2 aromatic rings. The number of rotatable bonds is 6. The van der Waals surface area contributed by atoms with Gasteiger partial charge in [0.2, 0.25) is 0 Å². The summed E-state index contributed by atoms with van der Waals surface area (Å²) >= 11 is 1.36. The Morgan fingerprint density at radius 3 is 2.61 bits per heavy atom. The summed E-state index contributed by atoms with van der Waals surface area (Å²) in [4.78, 5) is 25.3. The molecule has 1 heterocycles. The van der Waals surface area contributed by atoms with E-state index in [1.165, 1.54) is 11.3 Å².